The molecule has 150 valence electrons. The summed E-state index contributed by atoms with van der Waals surface area (Å²) in [5, 5.41) is 10.7. The Morgan fingerprint density at radius 1 is 1.11 bits per heavy atom. The van der Waals surface area contributed by atoms with Gasteiger partial charge in [-0.1, -0.05) is 39.0 Å². The summed E-state index contributed by atoms with van der Waals surface area (Å²) >= 11 is 0. The summed E-state index contributed by atoms with van der Waals surface area (Å²) in [6.45, 7) is 7.97. The van der Waals surface area contributed by atoms with Crippen LogP contribution in [0.25, 0.3) is 10.9 Å². The zero-order valence-corrected chi connectivity index (χ0v) is 19.0. The maximum Gasteiger partial charge on any atom is 0.222 e. The van der Waals surface area contributed by atoms with Crippen LogP contribution >= 0.6 is 24.0 Å². The van der Waals surface area contributed by atoms with Crippen molar-refractivity contribution < 1.29 is 4.79 Å². The highest BCUT2D eigenvalue weighted by molar-refractivity contribution is 14.0. The fraction of sp³-hybridized carbons (Fsp3) is 0.500. The predicted molar refractivity (Wildman–Crippen MR) is 124 cm³/mol. The quantitative estimate of drug-likeness (QED) is 0.201. The predicted octanol–water partition coefficient (Wildman–Crippen LogP) is 2.83. The van der Waals surface area contributed by atoms with Crippen LogP contribution < -0.4 is 16.0 Å². The number of para-hydroxylation sites is 1. The molecule has 2 aromatic rings. The molecule has 0 atom stereocenters. The number of nitrogens with zero attached hydrogens (tertiary/aromatic N) is 1. The van der Waals surface area contributed by atoms with E-state index in [1.807, 2.05) is 13.8 Å². The molecule has 0 aliphatic heterocycles. The number of aromatic nitrogens is 1. The number of benzene rings is 1. The van der Waals surface area contributed by atoms with Crippen LogP contribution in [-0.2, 0) is 17.6 Å². The Kier molecular flexibility index (Phi) is 10.2. The van der Waals surface area contributed by atoms with Crippen LogP contribution in [-0.4, -0.2) is 43.5 Å². The molecule has 4 N–H and O–H groups in total. The lowest BCUT2D eigenvalue weighted by atomic mass is 10.1. The number of aryl methyl sites for hydroxylation is 1. The van der Waals surface area contributed by atoms with Gasteiger partial charge in [0.25, 0.3) is 0 Å². The number of nitrogens with one attached hydrogen (secondary N) is 4. The van der Waals surface area contributed by atoms with Crippen molar-refractivity contribution >= 4 is 46.7 Å². The fourth-order valence-electron chi connectivity index (χ4n) is 2.88. The number of fused-ring (bicyclic) bond motifs is 1. The Bertz CT molecular complexity index is 754. The summed E-state index contributed by atoms with van der Waals surface area (Å²) in [4.78, 5) is 19.2. The molecule has 27 heavy (non-hydrogen) atoms. The number of amides is 1. The topological polar surface area (TPSA) is 81.3 Å². The van der Waals surface area contributed by atoms with Gasteiger partial charge in [-0.05, 0) is 24.0 Å². The molecule has 1 aromatic carbocycles. The minimum Gasteiger partial charge on any atom is -0.361 e. The molecule has 1 heterocycles. The number of carbonyl (C=O) groups excluding carboxylic acids is 1. The van der Waals surface area contributed by atoms with Gasteiger partial charge in [-0.3, -0.25) is 9.79 Å². The molecule has 1 aromatic heterocycles. The number of aromatic amines is 1. The standard InChI is InChI=1S/C20H31N5O.HI/c1-5-15-7-6-8-17-16(13-25-18(15)17)9-10-23-20(21-4)24-12-11-22-19(26)14(2)3;/h6-8,13-14,25H,5,9-12H2,1-4H3,(H,22,26)(H2,21,23,24);1H. The lowest BCUT2D eigenvalue weighted by Gasteiger charge is -2.13. The van der Waals surface area contributed by atoms with E-state index in [9.17, 15) is 4.79 Å². The average molecular weight is 485 g/mol. The molecule has 7 heteroatoms. The first-order valence-electron chi connectivity index (χ1n) is 9.36. The van der Waals surface area contributed by atoms with Crippen LogP contribution in [0.4, 0.5) is 0 Å². The van der Waals surface area contributed by atoms with Crippen molar-refractivity contribution in [3.63, 3.8) is 0 Å². The largest absolute Gasteiger partial charge is 0.361 e. The first-order valence-corrected chi connectivity index (χ1v) is 9.36. The molecule has 0 aliphatic rings. The van der Waals surface area contributed by atoms with Gasteiger partial charge < -0.3 is 20.9 Å². The van der Waals surface area contributed by atoms with Gasteiger partial charge in [-0.15, -0.1) is 24.0 Å². The maximum atomic E-state index is 11.5. The summed E-state index contributed by atoms with van der Waals surface area (Å²) < 4.78 is 0. The third-order valence-corrected chi connectivity index (χ3v) is 4.42. The van der Waals surface area contributed by atoms with Crippen LogP contribution in [0.3, 0.4) is 0 Å². The third kappa shape index (κ3) is 6.71. The Morgan fingerprint density at radius 2 is 1.81 bits per heavy atom. The van der Waals surface area contributed by atoms with E-state index in [1.54, 1.807) is 7.05 Å². The highest BCUT2D eigenvalue weighted by Crippen LogP contribution is 2.22. The van der Waals surface area contributed by atoms with Crippen LogP contribution in [0.5, 0.6) is 0 Å². The van der Waals surface area contributed by atoms with E-state index < -0.39 is 0 Å². The number of hydrogen-bond donors (Lipinski definition) is 4. The zero-order chi connectivity index (χ0) is 18.9. The van der Waals surface area contributed by atoms with Crippen LogP contribution in [0.1, 0.15) is 31.9 Å². The summed E-state index contributed by atoms with van der Waals surface area (Å²) in [5.74, 6) is 0.829. The van der Waals surface area contributed by atoms with Gasteiger partial charge in [-0.2, -0.15) is 0 Å². The normalized spacial score (nSPS) is 11.4. The first kappa shape index (κ1) is 23.3. The minimum atomic E-state index is 0. The molecule has 0 saturated carbocycles. The second-order valence-corrected chi connectivity index (χ2v) is 6.63. The van der Waals surface area contributed by atoms with Crippen molar-refractivity contribution in [2.75, 3.05) is 26.7 Å². The van der Waals surface area contributed by atoms with Crippen LogP contribution in [0.15, 0.2) is 29.4 Å². The number of guanidine groups is 1. The number of H-pyrrole nitrogens is 1. The van der Waals surface area contributed by atoms with Crippen molar-refractivity contribution in [2.45, 2.75) is 33.6 Å². The Labute approximate surface area is 179 Å². The van der Waals surface area contributed by atoms with Crippen molar-refractivity contribution in [3.8, 4) is 0 Å². The lowest BCUT2D eigenvalue weighted by molar-refractivity contribution is -0.123. The van der Waals surface area contributed by atoms with Gasteiger partial charge in [0.2, 0.25) is 5.91 Å². The second-order valence-electron chi connectivity index (χ2n) is 6.63. The number of hydrogen-bond acceptors (Lipinski definition) is 2. The Morgan fingerprint density at radius 3 is 2.48 bits per heavy atom. The SMILES string of the molecule is CCc1cccc2c(CCNC(=NC)NCCNC(=O)C(C)C)c[nH]c12.I. The van der Waals surface area contributed by atoms with E-state index in [0.717, 1.165) is 25.3 Å². The molecule has 6 nitrogen and oxygen atoms in total. The van der Waals surface area contributed by atoms with Crippen molar-refractivity contribution in [2.24, 2.45) is 10.9 Å². The van der Waals surface area contributed by atoms with E-state index in [-0.39, 0.29) is 35.8 Å². The van der Waals surface area contributed by atoms with Crippen molar-refractivity contribution in [1.29, 1.82) is 0 Å². The molecule has 0 fully saturated rings. The minimum absolute atomic E-state index is 0. The van der Waals surface area contributed by atoms with E-state index in [4.69, 9.17) is 0 Å². The summed E-state index contributed by atoms with van der Waals surface area (Å²) in [7, 11) is 1.75. The molecule has 0 bridgehead atoms. The summed E-state index contributed by atoms with van der Waals surface area (Å²) in [5.41, 5.74) is 3.90. The second kappa shape index (κ2) is 11.8. The maximum absolute atomic E-state index is 11.5. The van der Waals surface area contributed by atoms with Gasteiger partial charge >= 0.3 is 0 Å². The van der Waals surface area contributed by atoms with E-state index >= 15 is 0 Å². The zero-order valence-electron chi connectivity index (χ0n) is 16.7. The molecule has 0 aliphatic carbocycles. The first-order chi connectivity index (χ1) is 12.6. The number of rotatable bonds is 8. The number of carbonyl (C=O) groups is 1. The Balaban J connectivity index is 0.00000364. The van der Waals surface area contributed by atoms with Gasteiger partial charge in [0.05, 0.1) is 0 Å². The average Bonchev–Trinajstić information content (AvgIpc) is 3.06. The fourth-order valence-corrected chi connectivity index (χ4v) is 2.88. The van der Waals surface area contributed by atoms with E-state index in [2.05, 4.69) is 57.2 Å². The van der Waals surface area contributed by atoms with Gasteiger partial charge in [0.15, 0.2) is 5.96 Å². The third-order valence-electron chi connectivity index (χ3n) is 4.42. The highest BCUT2D eigenvalue weighted by atomic mass is 127. The van der Waals surface area contributed by atoms with E-state index in [1.165, 1.54) is 22.0 Å². The molecular formula is C20H32IN5O. The van der Waals surface area contributed by atoms with E-state index in [0.29, 0.717) is 13.1 Å². The molecule has 0 unspecified atom stereocenters. The summed E-state index contributed by atoms with van der Waals surface area (Å²) in [6.07, 6.45) is 4.04. The van der Waals surface area contributed by atoms with Crippen LogP contribution in [0, 0.1) is 5.92 Å². The van der Waals surface area contributed by atoms with Gasteiger partial charge in [0.1, 0.15) is 0 Å². The van der Waals surface area contributed by atoms with Crippen molar-refractivity contribution in [3.05, 3.63) is 35.5 Å². The summed E-state index contributed by atoms with van der Waals surface area (Å²) in [6, 6.07) is 6.47. The van der Waals surface area contributed by atoms with Gasteiger partial charge in [-0.25, -0.2) is 0 Å². The molecule has 0 saturated heterocycles. The molecule has 0 radical (unpaired) electrons. The Hall–Kier alpha value is -1.77. The molecule has 2 rings (SSSR count). The van der Waals surface area contributed by atoms with Crippen molar-refractivity contribution in [1.82, 2.24) is 20.9 Å². The monoisotopic (exact) mass is 485 g/mol. The number of halogens is 1. The molecule has 1 amide bonds. The molecule has 0 spiro atoms. The number of aliphatic imine (C=N–C) groups is 1. The van der Waals surface area contributed by atoms with Crippen LogP contribution in [0.2, 0.25) is 0 Å². The highest BCUT2D eigenvalue weighted by Gasteiger charge is 2.07. The van der Waals surface area contributed by atoms with Gasteiger partial charge in [0, 0.05) is 49.7 Å². The smallest absolute Gasteiger partial charge is 0.222 e. The lowest BCUT2D eigenvalue weighted by Crippen LogP contribution is -2.42. The molecular weight excluding hydrogens is 453 g/mol.